The highest BCUT2D eigenvalue weighted by Gasteiger charge is 2.25. The number of nitrogens with one attached hydrogen (secondary N) is 1. The normalized spacial score (nSPS) is 16.5. The van der Waals surface area contributed by atoms with Crippen LogP contribution < -0.4 is 15.1 Å². The van der Waals surface area contributed by atoms with E-state index in [4.69, 9.17) is 11.6 Å². The number of hydrogen-bond acceptors (Lipinski definition) is 4. The second-order valence-corrected chi connectivity index (χ2v) is 8.76. The summed E-state index contributed by atoms with van der Waals surface area (Å²) in [6.45, 7) is 2.34. The minimum atomic E-state index is -0.117. The smallest absolute Gasteiger partial charge is 0.237 e. The molecule has 1 fully saturated rings. The van der Waals surface area contributed by atoms with E-state index in [0.29, 0.717) is 17.3 Å². The largest absolute Gasteiger partial charge is 0.370 e. The molecule has 2 amide bonds. The van der Waals surface area contributed by atoms with Gasteiger partial charge in [0.2, 0.25) is 11.8 Å². The van der Waals surface area contributed by atoms with E-state index in [0.717, 1.165) is 47.9 Å². The number of fused-ring (bicyclic) bond motifs is 1. The molecule has 0 bridgehead atoms. The van der Waals surface area contributed by atoms with Crippen LogP contribution in [0.25, 0.3) is 0 Å². The van der Waals surface area contributed by atoms with Crippen molar-refractivity contribution in [3.8, 4) is 0 Å². The molecule has 0 spiro atoms. The number of halogens is 1. The fourth-order valence-corrected chi connectivity index (χ4v) is 4.95. The van der Waals surface area contributed by atoms with Gasteiger partial charge >= 0.3 is 0 Å². The predicted molar refractivity (Wildman–Crippen MR) is 120 cm³/mol. The van der Waals surface area contributed by atoms with Crippen LogP contribution in [0.4, 0.5) is 17.1 Å². The van der Waals surface area contributed by atoms with Crippen molar-refractivity contribution in [1.82, 2.24) is 0 Å². The van der Waals surface area contributed by atoms with Crippen molar-refractivity contribution in [3.05, 3.63) is 47.5 Å². The first-order valence-corrected chi connectivity index (χ1v) is 11.3. The zero-order chi connectivity index (χ0) is 20.2. The average Bonchev–Trinajstić information content (AvgIpc) is 2.74. The molecule has 2 aromatic rings. The third-order valence-electron chi connectivity index (χ3n) is 5.30. The molecule has 1 saturated heterocycles. The first-order chi connectivity index (χ1) is 14.1. The highest BCUT2D eigenvalue weighted by Crippen LogP contribution is 2.35. The number of hydrogen-bond donors (Lipinski definition) is 1. The fraction of sp³-hybridized carbons (Fsp3) is 0.364. The van der Waals surface area contributed by atoms with E-state index >= 15 is 0 Å². The van der Waals surface area contributed by atoms with Crippen LogP contribution in [0, 0.1) is 0 Å². The van der Waals surface area contributed by atoms with E-state index in [9.17, 15) is 9.59 Å². The molecule has 4 rings (SSSR count). The molecule has 2 aliphatic heterocycles. The molecule has 2 aromatic carbocycles. The van der Waals surface area contributed by atoms with Gasteiger partial charge in [0.25, 0.3) is 0 Å². The molecule has 1 N–H and O–H groups in total. The zero-order valence-corrected chi connectivity index (χ0v) is 17.8. The lowest BCUT2D eigenvalue weighted by atomic mass is 10.1. The average molecular weight is 430 g/mol. The molecule has 2 heterocycles. The highest BCUT2D eigenvalue weighted by molar-refractivity contribution is 8.00. The minimum Gasteiger partial charge on any atom is -0.370 e. The van der Waals surface area contributed by atoms with E-state index in [1.54, 1.807) is 22.7 Å². The summed E-state index contributed by atoms with van der Waals surface area (Å²) in [5.41, 5.74) is 2.64. The van der Waals surface area contributed by atoms with Gasteiger partial charge in [-0.15, -0.1) is 11.8 Å². The summed E-state index contributed by atoms with van der Waals surface area (Å²) in [5.74, 6) is 0.332. The van der Waals surface area contributed by atoms with Crippen LogP contribution in [0.1, 0.15) is 25.7 Å². The highest BCUT2D eigenvalue weighted by atomic mass is 35.5. The number of para-hydroxylation sites is 1. The SMILES string of the molecule is O=C(CCN1C(=O)CSc2ccccc21)Nc1cc(Cl)ccc1N1CCCCC1. The number of benzene rings is 2. The van der Waals surface area contributed by atoms with Crippen LogP contribution in [-0.4, -0.2) is 37.2 Å². The Hall–Kier alpha value is -2.18. The lowest BCUT2D eigenvalue weighted by molar-refractivity contribution is -0.117. The Labute approximate surface area is 180 Å². The van der Waals surface area contributed by atoms with Crippen molar-refractivity contribution in [2.24, 2.45) is 0 Å². The zero-order valence-electron chi connectivity index (χ0n) is 16.2. The number of carbonyl (C=O) groups is 2. The summed E-state index contributed by atoms with van der Waals surface area (Å²) in [6.07, 6.45) is 3.79. The van der Waals surface area contributed by atoms with Crippen molar-refractivity contribution in [1.29, 1.82) is 0 Å². The lowest BCUT2D eigenvalue weighted by Crippen LogP contribution is -2.37. The topological polar surface area (TPSA) is 52.7 Å². The van der Waals surface area contributed by atoms with Gasteiger partial charge in [-0.3, -0.25) is 9.59 Å². The summed E-state index contributed by atoms with van der Waals surface area (Å²) in [5, 5.41) is 3.61. The maximum absolute atomic E-state index is 12.7. The Balaban J connectivity index is 1.44. The monoisotopic (exact) mass is 429 g/mol. The molecule has 0 aliphatic carbocycles. The van der Waals surface area contributed by atoms with Crippen LogP contribution in [0.5, 0.6) is 0 Å². The molecular formula is C22H24ClN3O2S. The van der Waals surface area contributed by atoms with E-state index in [1.165, 1.54) is 6.42 Å². The molecule has 0 radical (unpaired) electrons. The fourth-order valence-electron chi connectivity index (χ4n) is 3.84. The van der Waals surface area contributed by atoms with Crippen molar-refractivity contribution < 1.29 is 9.59 Å². The van der Waals surface area contributed by atoms with Crippen molar-refractivity contribution in [3.63, 3.8) is 0 Å². The first-order valence-electron chi connectivity index (χ1n) is 9.98. The van der Waals surface area contributed by atoms with E-state index < -0.39 is 0 Å². The molecule has 152 valence electrons. The standard InChI is InChI=1S/C22H24ClN3O2S/c23-16-8-9-18(25-11-4-1-5-12-25)17(14-16)24-21(27)10-13-26-19-6-2-3-7-20(19)29-15-22(26)28/h2-3,6-9,14H,1,4-5,10-13,15H2,(H,24,27). The van der Waals surface area contributed by atoms with E-state index in [1.807, 2.05) is 36.4 Å². The number of anilines is 3. The lowest BCUT2D eigenvalue weighted by Gasteiger charge is -2.31. The van der Waals surface area contributed by atoms with Gasteiger partial charge in [0, 0.05) is 36.0 Å². The van der Waals surface area contributed by atoms with Crippen LogP contribution >= 0.6 is 23.4 Å². The number of carbonyl (C=O) groups excluding carboxylic acids is 2. The third-order valence-corrected chi connectivity index (χ3v) is 6.58. The van der Waals surface area contributed by atoms with Gasteiger partial charge in [0.15, 0.2) is 0 Å². The number of piperidine rings is 1. The predicted octanol–water partition coefficient (Wildman–Crippen LogP) is 4.80. The number of rotatable bonds is 5. The van der Waals surface area contributed by atoms with Gasteiger partial charge < -0.3 is 15.1 Å². The van der Waals surface area contributed by atoms with Crippen LogP contribution in [0.15, 0.2) is 47.4 Å². The molecule has 0 unspecified atom stereocenters. The van der Waals surface area contributed by atoms with Gasteiger partial charge in [-0.05, 0) is 49.6 Å². The number of nitrogens with zero attached hydrogens (tertiary/aromatic N) is 2. The summed E-state index contributed by atoms with van der Waals surface area (Å²) in [7, 11) is 0. The second-order valence-electron chi connectivity index (χ2n) is 7.31. The summed E-state index contributed by atoms with van der Waals surface area (Å²) in [4.78, 5) is 30.2. The molecule has 5 nitrogen and oxygen atoms in total. The molecular weight excluding hydrogens is 406 g/mol. The Morgan fingerprint density at radius 3 is 2.69 bits per heavy atom. The van der Waals surface area contributed by atoms with Gasteiger partial charge in [-0.2, -0.15) is 0 Å². The summed E-state index contributed by atoms with van der Waals surface area (Å²) in [6, 6.07) is 13.5. The Morgan fingerprint density at radius 1 is 1.07 bits per heavy atom. The van der Waals surface area contributed by atoms with E-state index in [-0.39, 0.29) is 18.2 Å². The maximum atomic E-state index is 12.7. The van der Waals surface area contributed by atoms with Crippen molar-refractivity contribution in [2.45, 2.75) is 30.6 Å². The first kappa shape index (κ1) is 20.1. The van der Waals surface area contributed by atoms with Gasteiger partial charge in [-0.25, -0.2) is 0 Å². The summed E-state index contributed by atoms with van der Waals surface area (Å²) < 4.78 is 0. The molecule has 0 saturated carbocycles. The molecule has 0 atom stereocenters. The Morgan fingerprint density at radius 2 is 1.86 bits per heavy atom. The molecule has 0 aromatic heterocycles. The second kappa shape index (κ2) is 9.09. The van der Waals surface area contributed by atoms with Crippen molar-refractivity contribution in [2.75, 3.05) is 40.5 Å². The quantitative estimate of drug-likeness (QED) is 0.741. The van der Waals surface area contributed by atoms with Gasteiger partial charge in [0.05, 0.1) is 22.8 Å². The van der Waals surface area contributed by atoms with Crippen LogP contribution in [-0.2, 0) is 9.59 Å². The van der Waals surface area contributed by atoms with E-state index in [2.05, 4.69) is 10.2 Å². The molecule has 29 heavy (non-hydrogen) atoms. The number of amides is 2. The van der Waals surface area contributed by atoms with Crippen LogP contribution in [0.2, 0.25) is 5.02 Å². The summed E-state index contributed by atoms with van der Waals surface area (Å²) >= 11 is 7.73. The maximum Gasteiger partial charge on any atom is 0.237 e. The number of thioether (sulfide) groups is 1. The Bertz CT molecular complexity index is 915. The molecule has 2 aliphatic rings. The van der Waals surface area contributed by atoms with Crippen LogP contribution in [0.3, 0.4) is 0 Å². The molecule has 7 heteroatoms. The van der Waals surface area contributed by atoms with Gasteiger partial charge in [-0.1, -0.05) is 23.7 Å². The third kappa shape index (κ3) is 4.70. The minimum absolute atomic E-state index is 0.0401. The van der Waals surface area contributed by atoms with Crippen molar-refractivity contribution >= 4 is 52.2 Å². The van der Waals surface area contributed by atoms with Gasteiger partial charge in [0.1, 0.15) is 0 Å². The Kier molecular flexibility index (Phi) is 6.31.